The van der Waals surface area contributed by atoms with E-state index in [-0.39, 0.29) is 0 Å². The van der Waals surface area contributed by atoms with E-state index >= 15 is 0 Å². The van der Waals surface area contributed by atoms with Gasteiger partial charge in [0.25, 0.3) is 0 Å². The van der Waals surface area contributed by atoms with Crippen molar-refractivity contribution in [3.05, 3.63) is 48.0 Å². The Kier molecular flexibility index (Phi) is 7.59. The van der Waals surface area contributed by atoms with E-state index in [1.54, 1.807) is 0 Å². The third-order valence-electron chi connectivity index (χ3n) is 3.65. The van der Waals surface area contributed by atoms with Crippen LogP contribution in [-0.2, 0) is 0 Å². The van der Waals surface area contributed by atoms with Gasteiger partial charge in [0.15, 0.2) is 5.96 Å². The molecule has 21 heavy (non-hydrogen) atoms. The van der Waals surface area contributed by atoms with E-state index in [0.29, 0.717) is 5.92 Å². The molecule has 0 aliphatic heterocycles. The smallest absolute Gasteiger partial charge is 0.193 e. The largest absolute Gasteiger partial charge is 0.356 e. The minimum Gasteiger partial charge on any atom is -0.356 e. The van der Waals surface area contributed by atoms with E-state index in [1.807, 2.05) is 13.1 Å². The number of allylic oxidation sites excluding steroid dienone is 1. The predicted octanol–water partition coefficient (Wildman–Crippen LogP) is 3.57. The number of nitrogens with zero attached hydrogens (tertiary/aromatic N) is 2. The van der Waals surface area contributed by atoms with Gasteiger partial charge >= 0.3 is 0 Å². The quantitative estimate of drug-likeness (QED) is 0.359. The highest BCUT2D eigenvalue weighted by atomic mass is 15.3. The minimum atomic E-state index is 0.461. The number of nitrogens with one attached hydrogen (secondary N) is 1. The molecule has 1 unspecified atom stereocenters. The molecule has 0 aliphatic carbocycles. The van der Waals surface area contributed by atoms with E-state index < -0.39 is 0 Å². The summed E-state index contributed by atoms with van der Waals surface area (Å²) in [5.74, 6) is 1.42. The van der Waals surface area contributed by atoms with Crippen molar-refractivity contribution in [2.24, 2.45) is 4.99 Å². The van der Waals surface area contributed by atoms with Crippen LogP contribution in [0, 0.1) is 6.92 Å². The zero-order valence-electron chi connectivity index (χ0n) is 13.9. The molecule has 0 aliphatic rings. The molecule has 0 saturated heterocycles. The SMILES string of the molecule is C=CCCCN(C)C(=NC)NCC(C)c1cccc(C)c1. The molecule has 3 nitrogen and oxygen atoms in total. The maximum absolute atomic E-state index is 4.36. The van der Waals surface area contributed by atoms with Gasteiger partial charge in [-0.1, -0.05) is 42.8 Å². The Morgan fingerprint density at radius 1 is 1.48 bits per heavy atom. The number of unbranched alkanes of at least 4 members (excludes halogenated alkanes) is 1. The van der Waals surface area contributed by atoms with E-state index in [1.165, 1.54) is 11.1 Å². The Labute approximate surface area is 129 Å². The monoisotopic (exact) mass is 287 g/mol. The molecule has 0 radical (unpaired) electrons. The predicted molar refractivity (Wildman–Crippen MR) is 93.0 cm³/mol. The third-order valence-corrected chi connectivity index (χ3v) is 3.65. The summed E-state index contributed by atoms with van der Waals surface area (Å²) in [5.41, 5.74) is 2.68. The van der Waals surface area contributed by atoms with E-state index in [0.717, 1.165) is 31.9 Å². The summed E-state index contributed by atoms with van der Waals surface area (Å²) < 4.78 is 0. The second kappa shape index (κ2) is 9.22. The Morgan fingerprint density at radius 2 is 2.24 bits per heavy atom. The lowest BCUT2D eigenvalue weighted by molar-refractivity contribution is 0.467. The normalized spacial score (nSPS) is 12.9. The van der Waals surface area contributed by atoms with Gasteiger partial charge in [0, 0.05) is 27.2 Å². The molecule has 1 N–H and O–H groups in total. The molecule has 116 valence electrons. The van der Waals surface area contributed by atoms with E-state index in [2.05, 4.69) is 66.9 Å². The first-order valence-corrected chi connectivity index (χ1v) is 7.67. The molecule has 0 bridgehead atoms. The average Bonchev–Trinajstić information content (AvgIpc) is 2.48. The fourth-order valence-electron chi connectivity index (χ4n) is 2.30. The first-order valence-electron chi connectivity index (χ1n) is 7.67. The standard InChI is InChI=1S/C18H29N3/c1-6-7-8-12-21(5)18(19-4)20-14-16(3)17-11-9-10-15(2)13-17/h6,9-11,13,16H,1,7-8,12,14H2,2-5H3,(H,19,20). The van der Waals surface area contributed by atoms with Gasteiger partial charge in [-0.25, -0.2) is 0 Å². The van der Waals surface area contributed by atoms with Crippen LogP contribution in [0.1, 0.15) is 36.8 Å². The van der Waals surface area contributed by atoms with Gasteiger partial charge in [0.1, 0.15) is 0 Å². The number of aryl methyl sites for hydroxylation is 1. The number of guanidine groups is 1. The lowest BCUT2D eigenvalue weighted by Gasteiger charge is -2.23. The molecule has 1 aromatic rings. The molecule has 3 heteroatoms. The van der Waals surface area contributed by atoms with Crippen LogP contribution in [0.5, 0.6) is 0 Å². The summed E-state index contributed by atoms with van der Waals surface area (Å²) in [5, 5.41) is 3.46. The summed E-state index contributed by atoms with van der Waals surface area (Å²) in [6.07, 6.45) is 4.11. The highest BCUT2D eigenvalue weighted by Crippen LogP contribution is 2.15. The molecule has 0 aromatic heterocycles. The van der Waals surface area contributed by atoms with Gasteiger partial charge in [0.2, 0.25) is 0 Å². The molecule has 0 amide bonds. The number of hydrogen-bond donors (Lipinski definition) is 1. The van der Waals surface area contributed by atoms with Gasteiger partial charge in [-0.05, 0) is 31.2 Å². The second-order valence-corrected chi connectivity index (χ2v) is 5.60. The fraction of sp³-hybridized carbons (Fsp3) is 0.500. The van der Waals surface area contributed by atoms with Crippen molar-refractivity contribution >= 4 is 5.96 Å². The van der Waals surface area contributed by atoms with Crippen LogP contribution in [0.2, 0.25) is 0 Å². The molecular weight excluding hydrogens is 258 g/mol. The molecule has 1 rings (SSSR count). The van der Waals surface area contributed by atoms with Gasteiger partial charge in [-0.2, -0.15) is 0 Å². The molecule has 1 aromatic carbocycles. The Hall–Kier alpha value is -1.77. The van der Waals surface area contributed by atoms with Crippen molar-refractivity contribution in [1.82, 2.24) is 10.2 Å². The van der Waals surface area contributed by atoms with Crippen LogP contribution in [-0.4, -0.2) is 38.0 Å². The third kappa shape index (κ3) is 6.03. The summed E-state index contributed by atoms with van der Waals surface area (Å²) >= 11 is 0. The highest BCUT2D eigenvalue weighted by molar-refractivity contribution is 5.79. The number of aliphatic imine (C=N–C) groups is 1. The molecule has 0 spiro atoms. The zero-order chi connectivity index (χ0) is 15.7. The summed E-state index contributed by atoms with van der Waals surface area (Å²) in [6.45, 7) is 10.0. The summed E-state index contributed by atoms with van der Waals surface area (Å²) in [4.78, 5) is 6.53. The molecule has 0 heterocycles. The summed E-state index contributed by atoms with van der Waals surface area (Å²) in [6, 6.07) is 8.70. The van der Waals surface area contributed by atoms with Crippen LogP contribution in [0.25, 0.3) is 0 Å². The number of benzene rings is 1. The maximum Gasteiger partial charge on any atom is 0.193 e. The lowest BCUT2D eigenvalue weighted by Crippen LogP contribution is -2.40. The first-order chi connectivity index (χ1) is 10.1. The lowest BCUT2D eigenvalue weighted by atomic mass is 9.99. The summed E-state index contributed by atoms with van der Waals surface area (Å²) in [7, 11) is 3.92. The van der Waals surface area contributed by atoms with E-state index in [4.69, 9.17) is 0 Å². The van der Waals surface area contributed by atoms with Gasteiger partial charge in [0.05, 0.1) is 0 Å². The van der Waals surface area contributed by atoms with Gasteiger partial charge in [-0.15, -0.1) is 6.58 Å². The Bertz CT molecular complexity index is 465. The van der Waals surface area contributed by atoms with Crippen LogP contribution >= 0.6 is 0 Å². The molecule has 0 fully saturated rings. The van der Waals surface area contributed by atoms with Crippen LogP contribution < -0.4 is 5.32 Å². The van der Waals surface area contributed by atoms with Crippen LogP contribution in [0.15, 0.2) is 41.9 Å². The molecular formula is C18H29N3. The van der Waals surface area contributed by atoms with Crippen molar-refractivity contribution in [1.29, 1.82) is 0 Å². The average molecular weight is 287 g/mol. The minimum absolute atomic E-state index is 0.461. The molecule has 0 saturated carbocycles. The Morgan fingerprint density at radius 3 is 2.86 bits per heavy atom. The van der Waals surface area contributed by atoms with Crippen molar-refractivity contribution in [2.45, 2.75) is 32.6 Å². The van der Waals surface area contributed by atoms with Crippen molar-refractivity contribution in [3.63, 3.8) is 0 Å². The zero-order valence-corrected chi connectivity index (χ0v) is 13.9. The fourth-order valence-corrected chi connectivity index (χ4v) is 2.30. The second-order valence-electron chi connectivity index (χ2n) is 5.60. The van der Waals surface area contributed by atoms with Crippen molar-refractivity contribution < 1.29 is 0 Å². The van der Waals surface area contributed by atoms with E-state index in [9.17, 15) is 0 Å². The van der Waals surface area contributed by atoms with Crippen LogP contribution in [0.3, 0.4) is 0 Å². The maximum atomic E-state index is 4.36. The topological polar surface area (TPSA) is 27.6 Å². The Balaban J connectivity index is 2.49. The first kappa shape index (κ1) is 17.3. The van der Waals surface area contributed by atoms with Gasteiger partial charge in [-0.3, -0.25) is 4.99 Å². The number of rotatable bonds is 7. The van der Waals surface area contributed by atoms with Crippen LogP contribution in [0.4, 0.5) is 0 Å². The van der Waals surface area contributed by atoms with Crippen molar-refractivity contribution in [2.75, 3.05) is 27.2 Å². The van der Waals surface area contributed by atoms with Gasteiger partial charge < -0.3 is 10.2 Å². The molecule has 1 atom stereocenters. The number of hydrogen-bond acceptors (Lipinski definition) is 1. The van der Waals surface area contributed by atoms with Crippen molar-refractivity contribution in [3.8, 4) is 0 Å². The highest BCUT2D eigenvalue weighted by Gasteiger charge is 2.09.